The molecule has 17 heavy (non-hydrogen) atoms. The number of nitro groups is 1. The Bertz CT molecular complexity index is 444. The molecule has 0 heterocycles. The number of rotatable bonds is 4. The first kappa shape index (κ1) is 13.1. The molecule has 0 spiro atoms. The zero-order chi connectivity index (χ0) is 13.0. The van der Waals surface area contributed by atoms with Crippen LogP contribution in [0.3, 0.4) is 0 Å². The molecule has 3 N–H and O–H groups in total. The summed E-state index contributed by atoms with van der Waals surface area (Å²) in [5, 5.41) is 13.3. The molecule has 0 aliphatic carbocycles. The van der Waals surface area contributed by atoms with E-state index in [-0.39, 0.29) is 18.1 Å². The van der Waals surface area contributed by atoms with Crippen molar-refractivity contribution >= 4 is 11.6 Å². The quantitative estimate of drug-likeness (QED) is 0.599. The Morgan fingerprint density at radius 1 is 1.59 bits per heavy atom. The van der Waals surface area contributed by atoms with Gasteiger partial charge in [-0.2, -0.15) is 0 Å². The second-order valence-electron chi connectivity index (χ2n) is 3.82. The molecule has 92 valence electrons. The maximum absolute atomic E-state index is 11.3. The monoisotopic (exact) mass is 237 g/mol. The predicted molar refractivity (Wildman–Crippen MR) is 63.3 cm³/mol. The Labute approximate surface area is 99.0 Å². The fraction of sp³-hybridized carbons (Fsp3) is 0.364. The zero-order valence-corrected chi connectivity index (χ0v) is 9.77. The van der Waals surface area contributed by atoms with E-state index in [1.54, 1.807) is 26.0 Å². The van der Waals surface area contributed by atoms with Crippen LogP contribution in [0.4, 0.5) is 5.69 Å². The predicted octanol–water partition coefficient (Wildman–Crippen LogP) is 0.867. The van der Waals surface area contributed by atoms with Crippen molar-refractivity contribution in [3.05, 3.63) is 39.4 Å². The van der Waals surface area contributed by atoms with E-state index in [4.69, 9.17) is 5.73 Å². The summed E-state index contributed by atoms with van der Waals surface area (Å²) in [4.78, 5) is 21.6. The van der Waals surface area contributed by atoms with Gasteiger partial charge in [0.25, 0.3) is 5.69 Å². The summed E-state index contributed by atoms with van der Waals surface area (Å²) in [5.74, 6) is -0.282. The molecule has 0 saturated carbocycles. The number of amides is 1. The molecule has 6 heteroatoms. The largest absolute Gasteiger partial charge is 0.351 e. The second kappa shape index (κ2) is 5.40. The fourth-order valence-corrected chi connectivity index (χ4v) is 1.40. The van der Waals surface area contributed by atoms with Gasteiger partial charge < -0.3 is 11.1 Å². The van der Waals surface area contributed by atoms with Crippen molar-refractivity contribution in [2.75, 3.05) is 0 Å². The van der Waals surface area contributed by atoms with Crippen molar-refractivity contribution in [3.63, 3.8) is 0 Å². The standard InChI is InChI=1S/C11H15N3O3/c1-7-9(6-13-11(15)8(2)12)4-3-5-10(7)14(16)17/h3-5,8H,6,12H2,1-2H3,(H,13,15). The number of nitro benzene ring substituents is 1. The van der Waals surface area contributed by atoms with Crippen LogP contribution in [-0.2, 0) is 11.3 Å². The second-order valence-corrected chi connectivity index (χ2v) is 3.82. The third kappa shape index (κ3) is 3.25. The van der Waals surface area contributed by atoms with Crippen LogP contribution in [-0.4, -0.2) is 16.9 Å². The maximum Gasteiger partial charge on any atom is 0.272 e. The first-order chi connectivity index (χ1) is 7.93. The topological polar surface area (TPSA) is 98.3 Å². The van der Waals surface area contributed by atoms with Gasteiger partial charge in [0.2, 0.25) is 5.91 Å². The number of hydrogen-bond donors (Lipinski definition) is 2. The molecule has 1 aromatic rings. The number of hydrogen-bond acceptors (Lipinski definition) is 4. The molecule has 0 fully saturated rings. The average Bonchev–Trinajstić information content (AvgIpc) is 2.26. The smallest absolute Gasteiger partial charge is 0.272 e. The van der Waals surface area contributed by atoms with E-state index in [1.165, 1.54) is 6.07 Å². The molecule has 1 rings (SSSR count). The number of nitrogens with one attached hydrogen (secondary N) is 1. The van der Waals surface area contributed by atoms with E-state index in [2.05, 4.69) is 5.32 Å². The van der Waals surface area contributed by atoms with Crippen molar-refractivity contribution < 1.29 is 9.72 Å². The van der Waals surface area contributed by atoms with E-state index in [0.717, 1.165) is 0 Å². The van der Waals surface area contributed by atoms with Gasteiger partial charge in [0.1, 0.15) is 0 Å². The first-order valence-electron chi connectivity index (χ1n) is 5.19. The minimum absolute atomic E-state index is 0.0533. The lowest BCUT2D eigenvalue weighted by Gasteiger charge is -2.09. The summed E-state index contributed by atoms with van der Waals surface area (Å²) in [7, 11) is 0. The summed E-state index contributed by atoms with van der Waals surface area (Å²) in [6.07, 6.45) is 0. The molecular formula is C11H15N3O3. The minimum atomic E-state index is -0.589. The highest BCUT2D eigenvalue weighted by Gasteiger charge is 2.14. The fourth-order valence-electron chi connectivity index (χ4n) is 1.40. The maximum atomic E-state index is 11.3. The molecule has 1 atom stereocenters. The number of benzene rings is 1. The normalized spacial score (nSPS) is 11.9. The van der Waals surface area contributed by atoms with Gasteiger partial charge in [-0.15, -0.1) is 0 Å². The Morgan fingerprint density at radius 3 is 2.76 bits per heavy atom. The molecule has 0 aromatic heterocycles. The lowest BCUT2D eigenvalue weighted by Crippen LogP contribution is -2.37. The van der Waals surface area contributed by atoms with Crippen LogP contribution in [0.2, 0.25) is 0 Å². The van der Waals surface area contributed by atoms with Crippen molar-refractivity contribution in [1.82, 2.24) is 5.32 Å². The van der Waals surface area contributed by atoms with Crippen LogP contribution < -0.4 is 11.1 Å². The van der Waals surface area contributed by atoms with Crippen LogP contribution in [0.15, 0.2) is 18.2 Å². The van der Waals surface area contributed by atoms with Crippen LogP contribution in [0.25, 0.3) is 0 Å². The summed E-state index contributed by atoms with van der Waals surface area (Å²) in [5.41, 5.74) is 6.72. The highest BCUT2D eigenvalue weighted by atomic mass is 16.6. The van der Waals surface area contributed by atoms with Crippen molar-refractivity contribution in [3.8, 4) is 0 Å². The molecule has 0 aliphatic rings. The third-order valence-electron chi connectivity index (χ3n) is 2.48. The molecule has 0 bridgehead atoms. The lowest BCUT2D eigenvalue weighted by molar-refractivity contribution is -0.385. The van der Waals surface area contributed by atoms with Crippen LogP contribution in [0, 0.1) is 17.0 Å². The van der Waals surface area contributed by atoms with Gasteiger partial charge in [0.15, 0.2) is 0 Å². The summed E-state index contributed by atoms with van der Waals surface area (Å²) < 4.78 is 0. The molecule has 6 nitrogen and oxygen atoms in total. The van der Waals surface area contributed by atoms with Crippen molar-refractivity contribution in [1.29, 1.82) is 0 Å². The van der Waals surface area contributed by atoms with Gasteiger partial charge in [0, 0.05) is 18.2 Å². The lowest BCUT2D eigenvalue weighted by atomic mass is 10.1. The first-order valence-corrected chi connectivity index (χ1v) is 5.19. The molecule has 1 amide bonds. The highest BCUT2D eigenvalue weighted by Crippen LogP contribution is 2.20. The van der Waals surface area contributed by atoms with Gasteiger partial charge in [0.05, 0.1) is 11.0 Å². The molecule has 0 radical (unpaired) electrons. The Balaban J connectivity index is 2.82. The zero-order valence-electron chi connectivity index (χ0n) is 9.77. The summed E-state index contributed by atoms with van der Waals surface area (Å²) >= 11 is 0. The molecule has 1 aromatic carbocycles. The molecule has 0 aliphatic heterocycles. The average molecular weight is 237 g/mol. The Hall–Kier alpha value is -1.95. The Kier molecular flexibility index (Phi) is 4.17. The van der Waals surface area contributed by atoms with Gasteiger partial charge in [-0.25, -0.2) is 0 Å². The van der Waals surface area contributed by atoms with Gasteiger partial charge >= 0.3 is 0 Å². The van der Waals surface area contributed by atoms with E-state index in [1.807, 2.05) is 0 Å². The number of carbonyl (C=O) groups is 1. The SMILES string of the molecule is Cc1c(CNC(=O)C(C)N)cccc1[N+](=O)[O-]. The van der Waals surface area contributed by atoms with E-state index < -0.39 is 11.0 Å². The van der Waals surface area contributed by atoms with Gasteiger partial charge in [-0.05, 0) is 19.4 Å². The van der Waals surface area contributed by atoms with E-state index in [9.17, 15) is 14.9 Å². The highest BCUT2D eigenvalue weighted by molar-refractivity contribution is 5.80. The third-order valence-corrected chi connectivity index (χ3v) is 2.48. The van der Waals surface area contributed by atoms with Crippen molar-refractivity contribution in [2.45, 2.75) is 26.4 Å². The minimum Gasteiger partial charge on any atom is -0.351 e. The van der Waals surface area contributed by atoms with Crippen molar-refractivity contribution in [2.24, 2.45) is 5.73 Å². The molecule has 1 unspecified atom stereocenters. The van der Waals surface area contributed by atoms with Gasteiger partial charge in [-0.3, -0.25) is 14.9 Å². The molecular weight excluding hydrogens is 222 g/mol. The van der Waals surface area contributed by atoms with Crippen LogP contribution >= 0.6 is 0 Å². The number of nitrogens with two attached hydrogens (primary N) is 1. The van der Waals surface area contributed by atoms with Crippen LogP contribution in [0.5, 0.6) is 0 Å². The number of carbonyl (C=O) groups excluding carboxylic acids is 1. The van der Waals surface area contributed by atoms with E-state index in [0.29, 0.717) is 11.1 Å². The molecule has 0 saturated heterocycles. The Morgan fingerprint density at radius 2 is 2.24 bits per heavy atom. The summed E-state index contributed by atoms with van der Waals surface area (Å²) in [6.45, 7) is 3.48. The van der Waals surface area contributed by atoms with E-state index >= 15 is 0 Å². The number of nitrogens with zero attached hydrogens (tertiary/aromatic N) is 1. The van der Waals surface area contributed by atoms with Gasteiger partial charge in [-0.1, -0.05) is 12.1 Å². The summed E-state index contributed by atoms with van der Waals surface area (Å²) in [6, 6.07) is 4.18. The van der Waals surface area contributed by atoms with Crippen LogP contribution in [0.1, 0.15) is 18.1 Å².